The van der Waals surface area contributed by atoms with E-state index < -0.39 is 97.5 Å². The van der Waals surface area contributed by atoms with Gasteiger partial charge in [-0.15, -0.1) is 0 Å². The van der Waals surface area contributed by atoms with Crippen LogP contribution in [0.2, 0.25) is 0 Å². The van der Waals surface area contributed by atoms with Gasteiger partial charge in [-0.2, -0.15) is 0 Å². The van der Waals surface area contributed by atoms with Gasteiger partial charge in [-0.05, 0) is 31.6 Å². The molecule has 0 radical (unpaired) electrons. The van der Waals surface area contributed by atoms with Crippen molar-refractivity contribution >= 4 is 39.5 Å². The zero-order valence-corrected chi connectivity index (χ0v) is 57.9. The molecule has 0 fully saturated rings. The van der Waals surface area contributed by atoms with Crippen LogP contribution >= 0.6 is 15.6 Å². The van der Waals surface area contributed by atoms with Crippen molar-refractivity contribution < 1.29 is 80.2 Å². The Labute approximate surface area is 530 Å². The molecule has 3 N–H and O–H groups in total. The lowest BCUT2D eigenvalue weighted by molar-refractivity contribution is -0.161. The summed E-state index contributed by atoms with van der Waals surface area (Å²) >= 11 is 0. The van der Waals surface area contributed by atoms with E-state index in [-0.39, 0.29) is 25.7 Å². The molecule has 0 aromatic carbocycles. The van der Waals surface area contributed by atoms with Gasteiger partial charge in [0.2, 0.25) is 0 Å². The third-order valence-electron chi connectivity index (χ3n) is 15.8. The summed E-state index contributed by atoms with van der Waals surface area (Å²) in [4.78, 5) is 72.3. The summed E-state index contributed by atoms with van der Waals surface area (Å²) < 4.78 is 68.1. The third kappa shape index (κ3) is 62.6. The van der Waals surface area contributed by atoms with E-state index in [2.05, 4.69) is 34.6 Å². The maximum atomic E-state index is 13.0. The average Bonchev–Trinajstić information content (AvgIpc) is 3.64. The van der Waals surface area contributed by atoms with Gasteiger partial charge in [0.05, 0.1) is 26.4 Å². The molecule has 0 aromatic heterocycles. The minimum absolute atomic E-state index is 0.106. The van der Waals surface area contributed by atoms with Crippen molar-refractivity contribution in [1.29, 1.82) is 0 Å². The van der Waals surface area contributed by atoms with Gasteiger partial charge >= 0.3 is 39.5 Å². The third-order valence-corrected chi connectivity index (χ3v) is 17.7. The summed E-state index contributed by atoms with van der Waals surface area (Å²) in [6.45, 7) is 7.18. The Morgan fingerprint density at radius 3 is 0.782 bits per heavy atom. The first-order valence-corrected chi connectivity index (χ1v) is 38.6. The number of carbonyl (C=O) groups excluding carboxylic acids is 4. The van der Waals surface area contributed by atoms with Gasteiger partial charge in [-0.3, -0.25) is 37.3 Å². The van der Waals surface area contributed by atoms with Gasteiger partial charge in [0, 0.05) is 25.7 Å². The van der Waals surface area contributed by atoms with Gasteiger partial charge < -0.3 is 33.8 Å². The average molecular weight is 1280 g/mol. The Balaban J connectivity index is 5.20. The molecular weight excluding hydrogens is 1150 g/mol. The first-order chi connectivity index (χ1) is 42.0. The minimum Gasteiger partial charge on any atom is -0.462 e. The van der Waals surface area contributed by atoms with E-state index in [4.69, 9.17) is 37.0 Å². The van der Waals surface area contributed by atoms with Crippen LogP contribution in [0.15, 0.2) is 0 Å². The summed E-state index contributed by atoms with van der Waals surface area (Å²) in [5.41, 5.74) is 0. The van der Waals surface area contributed by atoms with Crippen LogP contribution in [0.1, 0.15) is 349 Å². The summed E-state index contributed by atoms with van der Waals surface area (Å²) in [5.74, 6) is -1.38. The first kappa shape index (κ1) is 85.1. The molecule has 0 aromatic rings. The number of rotatable bonds is 68. The molecule has 0 rings (SSSR count). The molecule has 0 heterocycles. The number of hydrogen-bond acceptors (Lipinski definition) is 15. The molecule has 0 aliphatic carbocycles. The van der Waals surface area contributed by atoms with Gasteiger partial charge in [0.1, 0.15) is 19.3 Å². The van der Waals surface area contributed by atoms with Crippen LogP contribution in [0.5, 0.6) is 0 Å². The van der Waals surface area contributed by atoms with Crippen molar-refractivity contribution in [1.82, 2.24) is 0 Å². The fourth-order valence-electron chi connectivity index (χ4n) is 10.3. The Morgan fingerprint density at radius 2 is 0.529 bits per heavy atom. The highest BCUT2D eigenvalue weighted by Crippen LogP contribution is 2.45. The highest BCUT2D eigenvalue weighted by atomic mass is 31.2. The Morgan fingerprint density at radius 1 is 0.310 bits per heavy atom. The first-order valence-electron chi connectivity index (χ1n) is 35.6. The highest BCUT2D eigenvalue weighted by Gasteiger charge is 2.30. The second-order valence-electron chi connectivity index (χ2n) is 25.0. The molecule has 2 unspecified atom stereocenters. The normalized spacial score (nSPS) is 14.1. The topological polar surface area (TPSA) is 237 Å². The van der Waals surface area contributed by atoms with Crippen molar-refractivity contribution in [2.24, 2.45) is 5.92 Å². The number of aliphatic hydroxyl groups excluding tert-OH is 1. The molecule has 0 spiro atoms. The molecular formula is C68H132O17P2. The second kappa shape index (κ2) is 61.6. The van der Waals surface area contributed by atoms with Crippen molar-refractivity contribution in [2.45, 2.75) is 368 Å². The number of aliphatic hydroxyl groups is 1. The molecule has 0 saturated carbocycles. The number of ether oxygens (including phenoxy) is 4. The van der Waals surface area contributed by atoms with Crippen molar-refractivity contribution in [3.8, 4) is 0 Å². The maximum Gasteiger partial charge on any atom is 0.472 e. The van der Waals surface area contributed by atoms with Crippen LogP contribution < -0.4 is 0 Å². The number of phosphoric ester groups is 2. The summed E-state index contributed by atoms with van der Waals surface area (Å²) in [6, 6.07) is 0. The van der Waals surface area contributed by atoms with E-state index in [0.29, 0.717) is 25.7 Å². The Kier molecular flexibility index (Phi) is 60.2. The van der Waals surface area contributed by atoms with Crippen molar-refractivity contribution in [3.05, 3.63) is 0 Å². The van der Waals surface area contributed by atoms with E-state index in [0.717, 1.165) is 95.8 Å². The van der Waals surface area contributed by atoms with Gasteiger partial charge in [0.25, 0.3) is 0 Å². The maximum absolute atomic E-state index is 13.0. The second-order valence-corrected chi connectivity index (χ2v) is 27.9. The lowest BCUT2D eigenvalue weighted by Gasteiger charge is -2.21. The number of hydrogen-bond donors (Lipinski definition) is 3. The zero-order chi connectivity index (χ0) is 64.2. The number of carbonyl (C=O) groups is 4. The lowest BCUT2D eigenvalue weighted by atomic mass is 10.0. The van der Waals surface area contributed by atoms with Crippen molar-refractivity contribution in [3.63, 3.8) is 0 Å². The van der Waals surface area contributed by atoms with Gasteiger partial charge in [-0.25, -0.2) is 9.13 Å². The molecule has 0 amide bonds. The predicted octanol–water partition coefficient (Wildman–Crippen LogP) is 19.4. The smallest absolute Gasteiger partial charge is 0.462 e. The molecule has 87 heavy (non-hydrogen) atoms. The minimum atomic E-state index is -4.95. The molecule has 19 heteroatoms. The molecule has 516 valence electrons. The fraction of sp³-hybridized carbons (Fsp3) is 0.941. The highest BCUT2D eigenvalue weighted by molar-refractivity contribution is 7.47. The Bertz CT molecular complexity index is 1690. The molecule has 5 atom stereocenters. The van der Waals surface area contributed by atoms with E-state index in [1.807, 2.05) is 0 Å². The van der Waals surface area contributed by atoms with Crippen LogP contribution in [0, 0.1) is 5.92 Å². The largest absolute Gasteiger partial charge is 0.472 e. The fourth-order valence-corrected chi connectivity index (χ4v) is 11.9. The van der Waals surface area contributed by atoms with Crippen LogP contribution in [-0.4, -0.2) is 96.7 Å². The number of esters is 4. The molecule has 0 bridgehead atoms. The van der Waals surface area contributed by atoms with Crippen LogP contribution in [0.3, 0.4) is 0 Å². The van der Waals surface area contributed by atoms with E-state index in [1.165, 1.54) is 173 Å². The summed E-state index contributed by atoms with van der Waals surface area (Å²) in [7, 11) is -9.89. The number of unbranched alkanes of at least 4 members (excludes halogenated alkanes) is 40. The molecule has 0 aliphatic rings. The molecule has 0 aliphatic heterocycles. The standard InChI is InChI=1S/C68H132O17P2/c1-6-9-12-15-18-21-22-23-24-25-26-27-28-33-39-44-49-54-68(73)85-64(58-79-66(71)52-47-42-37-34-29-32-35-40-45-50-61(4)5)60-83-87(76,77)81-56-62(69)55-80-86(74,75)82-59-63(84-67(72)53-48-43-38-31-20-17-14-11-8-3)57-78-65(70)51-46-41-36-30-19-16-13-10-7-2/h61-64,69H,6-60H2,1-5H3,(H,74,75)(H,76,77)/t62-,63+,64+/m0/s1. The van der Waals surface area contributed by atoms with Gasteiger partial charge in [-0.1, -0.05) is 298 Å². The van der Waals surface area contributed by atoms with Crippen molar-refractivity contribution in [2.75, 3.05) is 39.6 Å². The summed E-state index contributed by atoms with van der Waals surface area (Å²) in [6.07, 6.45) is 47.2. The van der Waals surface area contributed by atoms with E-state index in [9.17, 15) is 43.2 Å². The molecule has 0 saturated heterocycles. The van der Waals surface area contributed by atoms with Crippen LogP contribution in [0.25, 0.3) is 0 Å². The van der Waals surface area contributed by atoms with E-state index >= 15 is 0 Å². The predicted molar refractivity (Wildman–Crippen MR) is 349 cm³/mol. The quantitative estimate of drug-likeness (QED) is 0.0222. The Hall–Kier alpha value is -1.94. The van der Waals surface area contributed by atoms with Crippen LogP contribution in [0.4, 0.5) is 0 Å². The summed E-state index contributed by atoms with van der Waals surface area (Å²) in [5, 5.41) is 10.6. The SMILES string of the molecule is CCCCCCCCCCCCCCCCCCCC(=O)O[C@H](COC(=O)CCCCCCCCCCCC(C)C)COP(=O)(O)OC[C@@H](O)COP(=O)(O)OC[C@@H](COC(=O)CCCCCCCCCCC)OC(=O)CCCCCCCCCCC. The lowest BCUT2D eigenvalue weighted by Crippen LogP contribution is -2.30. The monoisotopic (exact) mass is 1280 g/mol. The number of phosphoric acid groups is 2. The molecule has 17 nitrogen and oxygen atoms in total. The zero-order valence-electron chi connectivity index (χ0n) is 56.2. The van der Waals surface area contributed by atoms with Gasteiger partial charge in [0.15, 0.2) is 12.2 Å². The van der Waals surface area contributed by atoms with Crippen LogP contribution in [-0.2, 0) is 65.4 Å². The van der Waals surface area contributed by atoms with E-state index in [1.54, 1.807) is 0 Å².